The maximum absolute atomic E-state index is 13.8. The number of nitrogens with two attached hydrogens (primary N) is 2. The van der Waals surface area contributed by atoms with Crippen LogP contribution in [0.25, 0.3) is 10.8 Å². The van der Waals surface area contributed by atoms with Crippen LogP contribution >= 0.6 is 0 Å². The van der Waals surface area contributed by atoms with Gasteiger partial charge < -0.3 is 21.1 Å². The van der Waals surface area contributed by atoms with Gasteiger partial charge in [0.15, 0.2) is 0 Å². The second kappa shape index (κ2) is 11.5. The number of nitriles is 1. The van der Waals surface area contributed by atoms with Gasteiger partial charge in [-0.15, -0.1) is 0 Å². The van der Waals surface area contributed by atoms with Crippen molar-refractivity contribution in [1.29, 1.82) is 5.26 Å². The first-order valence-corrected chi connectivity index (χ1v) is 14.4. The zero-order chi connectivity index (χ0) is 30.0. The Morgan fingerprint density at radius 2 is 1.95 bits per heavy atom. The predicted molar refractivity (Wildman–Crippen MR) is 153 cm³/mol. The van der Waals surface area contributed by atoms with Gasteiger partial charge in [-0.1, -0.05) is 18.2 Å². The molecule has 2 heterocycles. The smallest absolute Gasteiger partial charge is 0.298 e. The summed E-state index contributed by atoms with van der Waals surface area (Å²) in [5, 5.41) is 10.1. The first kappa shape index (κ1) is 28.5. The average molecular weight is 586 g/mol. The number of methoxy groups -OCH3 is 1. The standard InChI is InChI=1S/C30H27N5O6S/c1-40-21-8-6-19-7-10-26(27(29(33)36)23(19)15-21)42(38,39)41-28(25-4-2-3-12-34-25)22-11-13-35(30(22)37)17-20-14-18(16-31)5-9-24(20)32/h2-10,12,14-15,22,28H,11,13,17,32H2,1H3,(H2,33,36). The van der Waals surface area contributed by atoms with Crippen LogP contribution in [-0.2, 0) is 25.6 Å². The van der Waals surface area contributed by atoms with Gasteiger partial charge in [0.2, 0.25) is 5.91 Å². The van der Waals surface area contributed by atoms with Gasteiger partial charge in [0.1, 0.15) is 16.7 Å². The van der Waals surface area contributed by atoms with E-state index in [2.05, 4.69) is 11.1 Å². The molecule has 11 nitrogen and oxygen atoms in total. The minimum Gasteiger partial charge on any atom is -0.497 e. The quantitative estimate of drug-likeness (QED) is 0.220. The lowest BCUT2D eigenvalue weighted by atomic mass is 9.98. The molecule has 0 saturated carbocycles. The van der Waals surface area contributed by atoms with Gasteiger partial charge >= 0.3 is 0 Å². The molecule has 2 atom stereocenters. The zero-order valence-corrected chi connectivity index (χ0v) is 23.4. The number of primary amides is 1. The molecule has 1 aliphatic heterocycles. The van der Waals surface area contributed by atoms with Crippen molar-refractivity contribution in [3.63, 3.8) is 0 Å². The van der Waals surface area contributed by atoms with Crippen LogP contribution in [0.15, 0.2) is 77.8 Å². The highest BCUT2D eigenvalue weighted by Gasteiger charge is 2.42. The lowest BCUT2D eigenvalue weighted by molar-refractivity contribution is -0.134. The molecule has 5 rings (SSSR count). The molecule has 1 aromatic heterocycles. The number of fused-ring (bicyclic) bond motifs is 1. The molecular formula is C30H27N5O6S. The van der Waals surface area contributed by atoms with Crippen LogP contribution in [0.2, 0.25) is 0 Å². The molecular weight excluding hydrogens is 558 g/mol. The lowest BCUT2D eigenvalue weighted by Crippen LogP contribution is -2.31. The number of carbonyl (C=O) groups is 2. The molecule has 1 aliphatic rings. The van der Waals surface area contributed by atoms with E-state index in [9.17, 15) is 23.3 Å². The van der Waals surface area contributed by atoms with Crippen LogP contribution in [-0.4, -0.2) is 43.8 Å². The summed E-state index contributed by atoms with van der Waals surface area (Å²) in [6.45, 7) is 0.436. The van der Waals surface area contributed by atoms with Crippen molar-refractivity contribution in [3.8, 4) is 11.8 Å². The molecule has 4 aromatic rings. The fourth-order valence-electron chi connectivity index (χ4n) is 5.14. The molecule has 3 aromatic carbocycles. The summed E-state index contributed by atoms with van der Waals surface area (Å²) in [6.07, 6.45) is 0.449. The first-order valence-electron chi connectivity index (χ1n) is 12.9. The van der Waals surface area contributed by atoms with E-state index >= 15 is 0 Å². The van der Waals surface area contributed by atoms with Crippen LogP contribution < -0.4 is 16.2 Å². The van der Waals surface area contributed by atoms with E-state index < -0.39 is 32.9 Å². The largest absolute Gasteiger partial charge is 0.497 e. The molecule has 1 fully saturated rings. The van der Waals surface area contributed by atoms with Gasteiger partial charge in [0, 0.05) is 25.0 Å². The summed E-state index contributed by atoms with van der Waals surface area (Å²) in [5.41, 5.74) is 13.2. The van der Waals surface area contributed by atoms with Crippen molar-refractivity contribution in [2.75, 3.05) is 19.4 Å². The summed E-state index contributed by atoms with van der Waals surface area (Å²) in [7, 11) is -3.21. The Balaban J connectivity index is 1.51. The monoisotopic (exact) mass is 585 g/mol. The van der Waals surface area contributed by atoms with Crippen LogP contribution in [0, 0.1) is 17.2 Å². The number of nitrogen functional groups attached to an aromatic ring is 1. The Hall–Kier alpha value is -4.99. The topological polar surface area (TPSA) is 179 Å². The number of nitrogens with zero attached hydrogens (tertiary/aromatic N) is 3. The second-order valence-corrected chi connectivity index (χ2v) is 11.3. The molecule has 214 valence electrons. The van der Waals surface area contributed by atoms with Crippen LogP contribution in [0.3, 0.4) is 0 Å². The normalized spacial score (nSPS) is 15.9. The highest BCUT2D eigenvalue weighted by atomic mass is 32.2. The fraction of sp³-hybridized carbons (Fsp3) is 0.200. The molecule has 0 radical (unpaired) electrons. The number of carbonyl (C=O) groups excluding carboxylic acids is 2. The van der Waals surface area contributed by atoms with Crippen LogP contribution in [0.5, 0.6) is 5.75 Å². The molecule has 2 amide bonds. The number of aromatic nitrogens is 1. The molecule has 2 unspecified atom stereocenters. The Morgan fingerprint density at radius 3 is 2.64 bits per heavy atom. The predicted octanol–water partition coefficient (Wildman–Crippen LogP) is 3.29. The fourth-order valence-corrected chi connectivity index (χ4v) is 6.45. The Kier molecular flexibility index (Phi) is 7.80. The van der Waals surface area contributed by atoms with Crippen LogP contribution in [0.4, 0.5) is 5.69 Å². The van der Waals surface area contributed by atoms with Crippen molar-refractivity contribution in [2.45, 2.75) is 24.0 Å². The number of rotatable bonds is 9. The van der Waals surface area contributed by atoms with Gasteiger partial charge in [-0.3, -0.25) is 18.8 Å². The van der Waals surface area contributed by atoms with Crippen molar-refractivity contribution in [1.82, 2.24) is 9.88 Å². The van der Waals surface area contributed by atoms with Crippen molar-refractivity contribution in [3.05, 3.63) is 95.3 Å². The van der Waals surface area contributed by atoms with Gasteiger partial charge in [-0.25, -0.2) is 0 Å². The molecule has 1 saturated heterocycles. The summed E-state index contributed by atoms with van der Waals surface area (Å²) < 4.78 is 38.7. The summed E-state index contributed by atoms with van der Waals surface area (Å²) in [4.78, 5) is 31.7. The van der Waals surface area contributed by atoms with E-state index in [1.807, 2.05) is 0 Å². The average Bonchev–Trinajstić information content (AvgIpc) is 3.35. The zero-order valence-electron chi connectivity index (χ0n) is 22.6. The van der Waals surface area contributed by atoms with Crippen molar-refractivity contribution in [2.24, 2.45) is 11.7 Å². The highest BCUT2D eigenvalue weighted by molar-refractivity contribution is 7.86. The molecule has 0 spiro atoms. The number of amides is 2. The third kappa shape index (κ3) is 5.47. The maximum atomic E-state index is 13.8. The maximum Gasteiger partial charge on any atom is 0.298 e. The first-order chi connectivity index (χ1) is 20.1. The summed E-state index contributed by atoms with van der Waals surface area (Å²) >= 11 is 0. The van der Waals surface area contributed by atoms with Gasteiger partial charge in [0.05, 0.1) is 35.9 Å². The number of benzene rings is 3. The summed E-state index contributed by atoms with van der Waals surface area (Å²) in [5.74, 6) is -1.83. The second-order valence-electron chi connectivity index (χ2n) is 9.80. The van der Waals surface area contributed by atoms with E-state index in [1.165, 1.54) is 31.5 Å². The molecule has 0 bridgehead atoms. The number of anilines is 1. The number of hydrogen-bond acceptors (Lipinski definition) is 9. The van der Waals surface area contributed by atoms with E-state index in [4.69, 9.17) is 20.4 Å². The van der Waals surface area contributed by atoms with Gasteiger partial charge in [-0.2, -0.15) is 13.7 Å². The summed E-state index contributed by atoms with van der Waals surface area (Å²) in [6, 6.07) is 19.4. The Bertz CT molecular complexity index is 1840. The van der Waals surface area contributed by atoms with E-state index in [1.54, 1.807) is 53.4 Å². The van der Waals surface area contributed by atoms with Crippen molar-refractivity contribution >= 4 is 38.4 Å². The van der Waals surface area contributed by atoms with Gasteiger partial charge in [0.25, 0.3) is 16.0 Å². The number of likely N-dealkylation sites (tertiary alicyclic amines) is 1. The minimum atomic E-state index is -4.66. The number of pyridine rings is 1. The lowest BCUT2D eigenvalue weighted by Gasteiger charge is -2.24. The molecule has 4 N–H and O–H groups in total. The third-order valence-corrected chi connectivity index (χ3v) is 8.59. The minimum absolute atomic E-state index is 0.136. The SMILES string of the molecule is COc1ccc2ccc(S(=O)(=O)OC(c3ccccn3)C3CCN(Cc4cc(C#N)ccc4N)C3=O)c(C(N)=O)c2c1. The highest BCUT2D eigenvalue weighted by Crippen LogP contribution is 2.38. The van der Waals surface area contributed by atoms with Crippen molar-refractivity contribution < 1.29 is 26.9 Å². The van der Waals surface area contributed by atoms with Crippen LogP contribution in [0.1, 0.15) is 39.7 Å². The number of hydrogen-bond donors (Lipinski definition) is 2. The molecule has 0 aliphatic carbocycles. The van der Waals surface area contributed by atoms with E-state index in [0.717, 1.165) is 0 Å². The number of ether oxygens (including phenoxy) is 1. The molecule has 42 heavy (non-hydrogen) atoms. The van der Waals surface area contributed by atoms with E-state index in [-0.39, 0.29) is 35.5 Å². The Morgan fingerprint density at radius 1 is 1.17 bits per heavy atom. The molecule has 12 heteroatoms. The Labute approximate surface area is 242 Å². The van der Waals surface area contributed by atoms with Gasteiger partial charge in [-0.05, 0) is 71.3 Å². The van der Waals surface area contributed by atoms with E-state index in [0.29, 0.717) is 34.5 Å². The third-order valence-electron chi connectivity index (χ3n) is 7.25.